The molecule has 0 spiro atoms. The van der Waals surface area contributed by atoms with E-state index in [0.29, 0.717) is 0 Å². The molecule has 3 heterocycles. The summed E-state index contributed by atoms with van der Waals surface area (Å²) in [5.41, 5.74) is -1.63. The number of benzene rings is 1. The molecule has 3 aromatic heterocycles. The number of nitriles is 1. The predicted molar refractivity (Wildman–Crippen MR) is 114 cm³/mol. The first-order valence-electron chi connectivity index (χ1n) is 8.88. The minimum absolute atomic E-state index is 0.0264. The molecule has 0 bridgehead atoms. The van der Waals surface area contributed by atoms with Crippen LogP contribution in [0, 0.1) is 11.3 Å². The molecule has 0 amide bonds. The van der Waals surface area contributed by atoms with E-state index in [1.54, 1.807) is 12.1 Å². The summed E-state index contributed by atoms with van der Waals surface area (Å²) >= 11 is 12.6. The van der Waals surface area contributed by atoms with Crippen molar-refractivity contribution >= 4 is 23.2 Å². The molecule has 12 heteroatoms. The zero-order valence-corrected chi connectivity index (χ0v) is 17.4. The highest BCUT2D eigenvalue weighted by Crippen LogP contribution is 2.37. The summed E-state index contributed by atoms with van der Waals surface area (Å²) in [7, 11) is 0. The van der Waals surface area contributed by atoms with Crippen molar-refractivity contribution in [3.05, 3.63) is 102 Å². The topological polar surface area (TPSA) is 136 Å². The molecule has 0 radical (unpaired) electrons. The molecule has 0 aliphatic rings. The Labute approximate surface area is 188 Å². The molecule has 0 saturated heterocycles. The lowest BCUT2D eigenvalue weighted by molar-refractivity contribution is 0.474. The van der Waals surface area contributed by atoms with Crippen molar-refractivity contribution in [2.24, 2.45) is 0 Å². The Bertz CT molecular complexity index is 1510. The molecular formula is C20H11Cl2N5O5. The van der Waals surface area contributed by atoms with Gasteiger partial charge in [-0.25, -0.2) is 4.79 Å². The third-order valence-corrected chi connectivity index (χ3v) is 4.83. The Morgan fingerprint density at radius 2 is 1.91 bits per heavy atom. The average molecular weight is 472 g/mol. The van der Waals surface area contributed by atoms with Crippen LogP contribution in [0.25, 0.3) is 5.69 Å². The van der Waals surface area contributed by atoms with Crippen molar-refractivity contribution < 1.29 is 9.15 Å². The Morgan fingerprint density at radius 1 is 1.16 bits per heavy atom. The summed E-state index contributed by atoms with van der Waals surface area (Å²) < 4.78 is 13.0. The van der Waals surface area contributed by atoms with Crippen LogP contribution in [-0.2, 0) is 6.54 Å². The molecule has 1 aromatic carbocycles. The summed E-state index contributed by atoms with van der Waals surface area (Å²) in [5, 5.41) is 12.7. The molecule has 4 aromatic rings. The smallest absolute Gasteiger partial charge is 0.349 e. The highest BCUT2D eigenvalue weighted by molar-refractivity contribution is 6.37. The number of aromatic nitrogens is 4. The molecule has 0 aliphatic heterocycles. The second kappa shape index (κ2) is 8.58. The van der Waals surface area contributed by atoms with E-state index in [1.165, 1.54) is 47.6 Å². The number of hydrogen-bond donors (Lipinski definition) is 1. The third-order valence-electron chi connectivity index (χ3n) is 4.27. The van der Waals surface area contributed by atoms with Gasteiger partial charge in [-0.05, 0) is 24.3 Å². The van der Waals surface area contributed by atoms with E-state index in [4.69, 9.17) is 37.6 Å². The number of hydrogen-bond acceptors (Lipinski definition) is 7. The molecule has 0 unspecified atom stereocenters. The van der Waals surface area contributed by atoms with Gasteiger partial charge in [-0.15, -0.1) is 5.10 Å². The van der Waals surface area contributed by atoms with Crippen LogP contribution in [0.5, 0.6) is 11.5 Å². The normalized spacial score (nSPS) is 10.7. The third kappa shape index (κ3) is 4.20. The van der Waals surface area contributed by atoms with Gasteiger partial charge in [0.25, 0.3) is 11.1 Å². The lowest BCUT2D eigenvalue weighted by atomic mass is 10.3. The van der Waals surface area contributed by atoms with Gasteiger partial charge in [0, 0.05) is 11.6 Å². The molecule has 0 atom stereocenters. The SMILES string of the molecule is N#Cc1nn(-c2cc(Cl)c(Oc3ccc(=O)n(Cc4ccoc4)c3)c(Cl)c2)c(=O)[nH]c1=O. The number of aromatic amines is 1. The first-order valence-corrected chi connectivity index (χ1v) is 9.64. The van der Waals surface area contributed by atoms with E-state index in [0.717, 1.165) is 10.2 Å². The molecule has 0 aliphatic carbocycles. The lowest BCUT2D eigenvalue weighted by Gasteiger charge is -2.13. The molecule has 1 N–H and O–H groups in total. The first kappa shape index (κ1) is 21.2. The fraction of sp³-hybridized carbons (Fsp3) is 0.0500. The van der Waals surface area contributed by atoms with E-state index in [9.17, 15) is 14.4 Å². The van der Waals surface area contributed by atoms with Crippen molar-refractivity contribution in [2.75, 3.05) is 0 Å². The summed E-state index contributed by atoms with van der Waals surface area (Å²) in [6, 6.07) is 8.78. The number of nitrogens with zero attached hydrogens (tertiary/aromatic N) is 4. The number of rotatable bonds is 5. The van der Waals surface area contributed by atoms with Crippen LogP contribution in [0.4, 0.5) is 0 Å². The van der Waals surface area contributed by atoms with E-state index < -0.39 is 16.9 Å². The van der Waals surface area contributed by atoms with Gasteiger partial charge in [-0.2, -0.15) is 9.94 Å². The van der Waals surface area contributed by atoms with E-state index in [-0.39, 0.29) is 39.3 Å². The molecule has 32 heavy (non-hydrogen) atoms. The van der Waals surface area contributed by atoms with E-state index in [2.05, 4.69) is 5.10 Å². The van der Waals surface area contributed by atoms with Crippen molar-refractivity contribution in [3.8, 4) is 23.3 Å². The van der Waals surface area contributed by atoms with Crippen LogP contribution >= 0.6 is 23.2 Å². The Morgan fingerprint density at radius 3 is 2.56 bits per heavy atom. The molecule has 160 valence electrons. The molecular weight excluding hydrogens is 461 g/mol. The second-order valence-corrected chi connectivity index (χ2v) is 7.25. The minimum atomic E-state index is -0.906. The monoisotopic (exact) mass is 471 g/mol. The highest BCUT2D eigenvalue weighted by atomic mass is 35.5. The van der Waals surface area contributed by atoms with Crippen LogP contribution in [0.3, 0.4) is 0 Å². The van der Waals surface area contributed by atoms with E-state index in [1.807, 2.05) is 4.98 Å². The fourth-order valence-electron chi connectivity index (χ4n) is 2.81. The van der Waals surface area contributed by atoms with Gasteiger partial charge in [0.2, 0.25) is 5.69 Å². The predicted octanol–water partition coefficient (Wildman–Crippen LogP) is 2.69. The summed E-state index contributed by atoms with van der Waals surface area (Å²) in [4.78, 5) is 37.7. The maximum Gasteiger partial charge on any atom is 0.349 e. The number of nitrogens with one attached hydrogen (secondary N) is 1. The Balaban J connectivity index is 1.69. The zero-order valence-electron chi connectivity index (χ0n) is 15.9. The summed E-state index contributed by atoms with van der Waals surface area (Å²) in [6.07, 6.45) is 4.52. The van der Waals surface area contributed by atoms with Crippen LogP contribution < -0.4 is 21.5 Å². The maximum absolute atomic E-state index is 12.1. The highest BCUT2D eigenvalue weighted by Gasteiger charge is 2.15. The number of ether oxygens (including phenoxy) is 1. The van der Waals surface area contributed by atoms with Crippen LogP contribution in [-0.4, -0.2) is 19.3 Å². The van der Waals surface area contributed by atoms with Gasteiger partial charge >= 0.3 is 5.69 Å². The Hall–Kier alpha value is -4.07. The van der Waals surface area contributed by atoms with Crippen molar-refractivity contribution in [1.82, 2.24) is 19.3 Å². The minimum Gasteiger partial charge on any atom is -0.472 e. The molecule has 0 saturated carbocycles. The largest absolute Gasteiger partial charge is 0.472 e. The number of halogens is 2. The Kier molecular flexibility index (Phi) is 5.68. The molecule has 10 nitrogen and oxygen atoms in total. The van der Waals surface area contributed by atoms with Gasteiger partial charge in [-0.3, -0.25) is 14.6 Å². The number of pyridine rings is 1. The fourth-order valence-corrected chi connectivity index (χ4v) is 3.36. The average Bonchev–Trinajstić information content (AvgIpc) is 3.26. The van der Waals surface area contributed by atoms with Gasteiger partial charge in [-0.1, -0.05) is 23.2 Å². The van der Waals surface area contributed by atoms with E-state index >= 15 is 0 Å². The number of furan rings is 1. The van der Waals surface area contributed by atoms with Crippen molar-refractivity contribution in [2.45, 2.75) is 6.54 Å². The van der Waals surface area contributed by atoms with Crippen LogP contribution in [0.2, 0.25) is 10.0 Å². The second-order valence-electron chi connectivity index (χ2n) is 6.43. The van der Waals surface area contributed by atoms with Crippen LogP contribution in [0.1, 0.15) is 11.3 Å². The maximum atomic E-state index is 12.1. The van der Waals surface area contributed by atoms with Gasteiger partial charge < -0.3 is 13.7 Å². The quantitative estimate of drug-likeness (QED) is 0.472. The first-order chi connectivity index (χ1) is 15.4. The van der Waals surface area contributed by atoms with Gasteiger partial charge in [0.15, 0.2) is 5.75 Å². The van der Waals surface area contributed by atoms with Gasteiger partial charge in [0.1, 0.15) is 11.8 Å². The van der Waals surface area contributed by atoms with Crippen LogP contribution in [0.15, 0.2) is 67.9 Å². The number of H-pyrrole nitrogens is 1. The van der Waals surface area contributed by atoms with Gasteiger partial charge in [0.05, 0.1) is 41.0 Å². The summed E-state index contributed by atoms with van der Waals surface area (Å²) in [6.45, 7) is 0.273. The zero-order chi connectivity index (χ0) is 22.8. The van der Waals surface area contributed by atoms with Crippen molar-refractivity contribution in [3.63, 3.8) is 0 Å². The summed E-state index contributed by atoms with van der Waals surface area (Å²) in [5.74, 6) is 0.360. The lowest BCUT2D eigenvalue weighted by Crippen LogP contribution is -2.33. The molecule has 4 rings (SSSR count). The molecule has 0 fully saturated rings. The standard InChI is InChI=1S/C20H11Cl2N5O5/c21-14-5-12(27-20(30)24-19(29)16(7-23)25-27)6-15(22)18(14)32-13-1-2-17(28)26(9-13)8-11-3-4-31-10-11/h1-6,9-10H,8H2,(H,24,29,30). The van der Waals surface area contributed by atoms with Crippen molar-refractivity contribution in [1.29, 1.82) is 5.26 Å².